The Bertz CT molecular complexity index is 1110. The monoisotopic (exact) mass is 371 g/mol. The van der Waals surface area contributed by atoms with Crippen LogP contribution in [0.1, 0.15) is 5.56 Å². The van der Waals surface area contributed by atoms with E-state index >= 15 is 0 Å². The van der Waals surface area contributed by atoms with E-state index in [-0.39, 0.29) is 11.8 Å². The Balaban J connectivity index is 1.67. The van der Waals surface area contributed by atoms with E-state index in [1.54, 1.807) is 10.6 Å². The fourth-order valence-corrected chi connectivity index (χ4v) is 2.67. The largest absolute Gasteiger partial charge is 0.421 e. The van der Waals surface area contributed by atoms with Crippen molar-refractivity contribution in [2.75, 3.05) is 5.73 Å². The molecule has 4 rings (SSSR count). The number of nitrogens with two attached hydrogens (primary N) is 1. The lowest BCUT2D eigenvalue weighted by atomic mass is 10.2. The van der Waals surface area contributed by atoms with E-state index in [1.165, 1.54) is 24.5 Å². The van der Waals surface area contributed by atoms with Gasteiger partial charge in [-0.1, -0.05) is 12.1 Å². The molecule has 0 spiro atoms. The van der Waals surface area contributed by atoms with Gasteiger partial charge in [-0.2, -0.15) is 13.2 Å². The molecule has 0 aliphatic heterocycles. The summed E-state index contributed by atoms with van der Waals surface area (Å²) < 4.78 is 46.0. The third-order valence-electron chi connectivity index (χ3n) is 3.84. The van der Waals surface area contributed by atoms with Gasteiger partial charge in [0.05, 0.1) is 22.9 Å². The minimum atomic E-state index is -4.58. The molecule has 2 N–H and O–H groups in total. The highest BCUT2D eigenvalue weighted by Gasteiger charge is 2.35. The Morgan fingerprint density at radius 2 is 1.78 bits per heavy atom. The van der Waals surface area contributed by atoms with Crippen LogP contribution in [0.5, 0.6) is 11.8 Å². The number of benzene rings is 1. The van der Waals surface area contributed by atoms with Crippen LogP contribution < -0.4 is 10.5 Å². The predicted octanol–water partition coefficient (Wildman–Crippen LogP) is 4.21. The molecular formula is C18H12F3N5O. The summed E-state index contributed by atoms with van der Waals surface area (Å²) in [6, 6.07) is 12.5. The molecule has 1 aromatic carbocycles. The molecule has 9 heteroatoms. The minimum Gasteiger partial charge on any atom is -0.420 e. The third-order valence-corrected chi connectivity index (χ3v) is 3.84. The van der Waals surface area contributed by atoms with Crippen LogP contribution in [-0.4, -0.2) is 19.5 Å². The quantitative estimate of drug-likeness (QED) is 0.584. The molecule has 0 aliphatic carbocycles. The van der Waals surface area contributed by atoms with Crippen molar-refractivity contribution in [2.24, 2.45) is 0 Å². The van der Waals surface area contributed by atoms with E-state index in [2.05, 4.69) is 15.0 Å². The molecule has 0 amide bonds. The summed E-state index contributed by atoms with van der Waals surface area (Å²) in [5, 5.41) is 0. The molecular weight excluding hydrogens is 359 g/mol. The van der Waals surface area contributed by atoms with Gasteiger partial charge in [-0.15, -0.1) is 0 Å². The van der Waals surface area contributed by atoms with Crippen molar-refractivity contribution in [3.05, 3.63) is 66.5 Å². The Hall–Kier alpha value is -3.62. The summed E-state index contributed by atoms with van der Waals surface area (Å²) in [6.07, 6.45) is -1.92. The van der Waals surface area contributed by atoms with Crippen LogP contribution in [0, 0.1) is 0 Å². The molecule has 4 aromatic rings. The SMILES string of the molecule is Nc1nc2ccccc2n1-c1ccc(Oc2ncccc2C(F)(F)F)nc1. The van der Waals surface area contributed by atoms with E-state index in [4.69, 9.17) is 10.5 Å². The number of aromatic nitrogens is 4. The standard InChI is InChI=1S/C18H12F3N5O/c19-18(20,21)12-4-3-9-23-16(12)27-15-8-7-11(10-24-15)26-14-6-2-1-5-13(14)25-17(26)22/h1-10H,(H2,22,25). The molecule has 0 unspecified atom stereocenters. The summed E-state index contributed by atoms with van der Waals surface area (Å²) in [4.78, 5) is 12.0. The molecule has 27 heavy (non-hydrogen) atoms. The van der Waals surface area contributed by atoms with Gasteiger partial charge in [-0.3, -0.25) is 4.57 Å². The van der Waals surface area contributed by atoms with Gasteiger partial charge in [-0.05, 0) is 30.3 Å². The number of anilines is 1. The van der Waals surface area contributed by atoms with Gasteiger partial charge in [-0.25, -0.2) is 15.0 Å². The van der Waals surface area contributed by atoms with Gasteiger partial charge in [0.25, 0.3) is 0 Å². The Labute approximate surface area is 151 Å². The number of hydrogen-bond acceptors (Lipinski definition) is 5. The summed E-state index contributed by atoms with van der Waals surface area (Å²) in [5.74, 6) is -0.306. The number of nitrogen functional groups attached to an aromatic ring is 1. The second-order valence-electron chi connectivity index (χ2n) is 5.60. The van der Waals surface area contributed by atoms with Crippen LogP contribution in [0.4, 0.5) is 19.1 Å². The summed E-state index contributed by atoms with van der Waals surface area (Å²) in [7, 11) is 0. The lowest BCUT2D eigenvalue weighted by Crippen LogP contribution is -2.08. The molecule has 0 aliphatic rings. The summed E-state index contributed by atoms with van der Waals surface area (Å²) in [6.45, 7) is 0. The number of alkyl halides is 3. The van der Waals surface area contributed by atoms with Gasteiger partial charge in [0.15, 0.2) is 0 Å². The average molecular weight is 371 g/mol. The van der Waals surface area contributed by atoms with Crippen molar-refractivity contribution < 1.29 is 17.9 Å². The van der Waals surface area contributed by atoms with Crippen molar-refractivity contribution in [1.82, 2.24) is 19.5 Å². The van der Waals surface area contributed by atoms with Gasteiger partial charge < -0.3 is 10.5 Å². The fraction of sp³-hybridized carbons (Fsp3) is 0.0556. The topological polar surface area (TPSA) is 78.8 Å². The zero-order chi connectivity index (χ0) is 19.0. The molecule has 0 radical (unpaired) electrons. The smallest absolute Gasteiger partial charge is 0.420 e. The first-order valence-electron chi connectivity index (χ1n) is 7.83. The maximum atomic E-state index is 13.0. The van der Waals surface area contributed by atoms with Crippen LogP contribution in [0.15, 0.2) is 60.9 Å². The normalized spacial score (nSPS) is 11.7. The van der Waals surface area contributed by atoms with Crippen molar-refractivity contribution >= 4 is 17.0 Å². The van der Waals surface area contributed by atoms with Crippen molar-refractivity contribution in [3.63, 3.8) is 0 Å². The number of imidazole rings is 1. The van der Waals surface area contributed by atoms with Crippen LogP contribution in [0.3, 0.4) is 0 Å². The van der Waals surface area contributed by atoms with Crippen LogP contribution in [-0.2, 0) is 6.18 Å². The average Bonchev–Trinajstić information content (AvgIpc) is 2.98. The first kappa shape index (κ1) is 16.8. The first-order chi connectivity index (χ1) is 12.9. The van der Waals surface area contributed by atoms with E-state index in [1.807, 2.05) is 24.3 Å². The molecule has 136 valence electrons. The maximum absolute atomic E-state index is 13.0. The molecule has 0 fully saturated rings. The van der Waals surface area contributed by atoms with Crippen molar-refractivity contribution in [3.8, 4) is 17.4 Å². The Kier molecular flexibility index (Phi) is 3.91. The zero-order valence-corrected chi connectivity index (χ0v) is 13.7. The van der Waals surface area contributed by atoms with Gasteiger partial charge >= 0.3 is 6.18 Å². The lowest BCUT2D eigenvalue weighted by molar-refractivity contribution is -0.138. The van der Waals surface area contributed by atoms with Gasteiger partial charge in [0, 0.05) is 12.3 Å². The number of rotatable bonds is 3. The molecule has 0 atom stereocenters. The number of ether oxygens (including phenoxy) is 1. The lowest BCUT2D eigenvalue weighted by Gasteiger charge is -2.12. The van der Waals surface area contributed by atoms with Crippen LogP contribution in [0.25, 0.3) is 16.7 Å². The molecule has 6 nitrogen and oxygen atoms in total. The fourth-order valence-electron chi connectivity index (χ4n) is 2.67. The number of hydrogen-bond donors (Lipinski definition) is 1. The molecule has 3 heterocycles. The summed E-state index contributed by atoms with van der Waals surface area (Å²) in [5.41, 5.74) is 7.11. The number of halogens is 3. The maximum Gasteiger partial charge on any atom is 0.421 e. The molecule has 3 aromatic heterocycles. The molecule has 0 bridgehead atoms. The number of nitrogens with zero attached hydrogens (tertiary/aromatic N) is 4. The molecule has 0 saturated carbocycles. The van der Waals surface area contributed by atoms with E-state index in [9.17, 15) is 13.2 Å². The number of para-hydroxylation sites is 2. The molecule has 0 saturated heterocycles. The third kappa shape index (κ3) is 3.14. The second kappa shape index (κ2) is 6.27. The Morgan fingerprint density at radius 3 is 2.52 bits per heavy atom. The van der Waals surface area contributed by atoms with Crippen LogP contribution >= 0.6 is 0 Å². The Morgan fingerprint density at radius 1 is 0.963 bits per heavy atom. The minimum absolute atomic E-state index is 0.0223. The van der Waals surface area contributed by atoms with E-state index in [0.717, 1.165) is 17.1 Å². The second-order valence-corrected chi connectivity index (χ2v) is 5.60. The summed E-state index contributed by atoms with van der Waals surface area (Å²) >= 11 is 0. The predicted molar refractivity (Wildman–Crippen MR) is 92.6 cm³/mol. The highest BCUT2D eigenvalue weighted by Crippen LogP contribution is 2.36. The van der Waals surface area contributed by atoms with Crippen molar-refractivity contribution in [1.29, 1.82) is 0 Å². The van der Waals surface area contributed by atoms with Crippen molar-refractivity contribution in [2.45, 2.75) is 6.18 Å². The first-order valence-corrected chi connectivity index (χ1v) is 7.83. The van der Waals surface area contributed by atoms with Crippen LogP contribution in [0.2, 0.25) is 0 Å². The zero-order valence-electron chi connectivity index (χ0n) is 13.7. The number of fused-ring (bicyclic) bond motifs is 1. The van der Waals surface area contributed by atoms with E-state index < -0.39 is 17.6 Å². The highest BCUT2D eigenvalue weighted by molar-refractivity contribution is 5.80. The number of pyridine rings is 2. The van der Waals surface area contributed by atoms with E-state index in [0.29, 0.717) is 5.69 Å². The van der Waals surface area contributed by atoms with Gasteiger partial charge in [0.2, 0.25) is 17.7 Å². The highest BCUT2D eigenvalue weighted by atomic mass is 19.4. The van der Waals surface area contributed by atoms with Gasteiger partial charge in [0.1, 0.15) is 5.56 Å².